The number of halogens is 1. The number of aryl methyl sites for hydroxylation is 1. The standard InChI is InChI=1S/C18H24FN3O3S/c1-21-9-5-6-16(21)17(22-10-3-4-11-22)13-20-26(23,24)14-7-8-18(25-2)15(19)12-14/h5-9,12,17,20H,3-4,10-11,13H2,1-2H3/t17-/m1/s1. The van der Waals surface area contributed by atoms with Gasteiger partial charge in [0.1, 0.15) is 0 Å². The van der Waals surface area contributed by atoms with Crippen LogP contribution in [0, 0.1) is 5.82 Å². The molecule has 0 bridgehead atoms. The van der Waals surface area contributed by atoms with Gasteiger partial charge in [0, 0.05) is 25.5 Å². The Balaban J connectivity index is 1.79. The number of benzene rings is 1. The van der Waals surface area contributed by atoms with Crippen molar-refractivity contribution in [2.45, 2.75) is 23.8 Å². The topological polar surface area (TPSA) is 63.6 Å². The second-order valence-corrected chi connectivity index (χ2v) is 8.22. The number of nitrogens with one attached hydrogen (secondary N) is 1. The fourth-order valence-electron chi connectivity index (χ4n) is 3.38. The molecule has 0 radical (unpaired) electrons. The van der Waals surface area contributed by atoms with Crippen LogP contribution in [0.2, 0.25) is 0 Å². The van der Waals surface area contributed by atoms with Crippen molar-refractivity contribution in [2.75, 3.05) is 26.7 Å². The molecule has 142 valence electrons. The molecule has 1 aromatic carbocycles. The van der Waals surface area contributed by atoms with Gasteiger partial charge in [-0.3, -0.25) is 4.90 Å². The molecule has 1 fully saturated rings. The summed E-state index contributed by atoms with van der Waals surface area (Å²) < 4.78 is 48.6. The zero-order chi connectivity index (χ0) is 18.7. The van der Waals surface area contributed by atoms with Crippen LogP contribution in [-0.2, 0) is 17.1 Å². The predicted octanol–water partition coefficient (Wildman–Crippen LogP) is 2.29. The lowest BCUT2D eigenvalue weighted by Crippen LogP contribution is -2.37. The number of likely N-dealkylation sites (tertiary alicyclic amines) is 1. The van der Waals surface area contributed by atoms with Gasteiger partial charge in [0.25, 0.3) is 0 Å². The quantitative estimate of drug-likeness (QED) is 0.799. The Hall–Kier alpha value is -1.90. The lowest BCUT2D eigenvalue weighted by molar-refractivity contribution is 0.238. The van der Waals surface area contributed by atoms with Gasteiger partial charge in [-0.25, -0.2) is 17.5 Å². The number of sulfonamides is 1. The van der Waals surface area contributed by atoms with Gasteiger partial charge in [0.05, 0.1) is 18.0 Å². The molecule has 0 spiro atoms. The highest BCUT2D eigenvalue weighted by molar-refractivity contribution is 7.89. The van der Waals surface area contributed by atoms with Crippen molar-refractivity contribution in [3.63, 3.8) is 0 Å². The summed E-state index contributed by atoms with van der Waals surface area (Å²) in [5, 5.41) is 0. The second-order valence-electron chi connectivity index (χ2n) is 6.45. The predicted molar refractivity (Wildman–Crippen MR) is 97.1 cm³/mol. The van der Waals surface area contributed by atoms with Gasteiger partial charge in [-0.1, -0.05) is 0 Å². The summed E-state index contributed by atoms with van der Waals surface area (Å²) in [5.41, 5.74) is 1.05. The summed E-state index contributed by atoms with van der Waals surface area (Å²) in [6.07, 6.45) is 4.17. The van der Waals surface area contributed by atoms with E-state index in [1.165, 1.54) is 19.2 Å². The van der Waals surface area contributed by atoms with Crippen molar-refractivity contribution < 1.29 is 17.5 Å². The first-order valence-corrected chi connectivity index (χ1v) is 10.1. The van der Waals surface area contributed by atoms with Gasteiger partial charge in [0.15, 0.2) is 11.6 Å². The molecular formula is C18H24FN3O3S. The van der Waals surface area contributed by atoms with E-state index in [0.29, 0.717) is 0 Å². The van der Waals surface area contributed by atoms with Crippen LogP contribution >= 0.6 is 0 Å². The van der Waals surface area contributed by atoms with Crippen LogP contribution in [0.3, 0.4) is 0 Å². The highest BCUT2D eigenvalue weighted by atomic mass is 32.2. The first kappa shape index (κ1) is 18.9. The molecule has 1 saturated heterocycles. The van der Waals surface area contributed by atoms with Crippen LogP contribution in [0.1, 0.15) is 24.6 Å². The van der Waals surface area contributed by atoms with Crippen LogP contribution in [0.25, 0.3) is 0 Å². The van der Waals surface area contributed by atoms with Crippen molar-refractivity contribution in [2.24, 2.45) is 7.05 Å². The molecule has 1 aromatic heterocycles. The highest BCUT2D eigenvalue weighted by Crippen LogP contribution is 2.26. The molecule has 1 atom stereocenters. The lowest BCUT2D eigenvalue weighted by Gasteiger charge is -2.28. The molecule has 1 N–H and O–H groups in total. The molecule has 1 aliphatic heterocycles. The van der Waals surface area contributed by atoms with Crippen molar-refractivity contribution in [3.05, 3.63) is 48.0 Å². The molecule has 8 heteroatoms. The van der Waals surface area contributed by atoms with E-state index in [1.54, 1.807) is 0 Å². The Morgan fingerprint density at radius 1 is 1.27 bits per heavy atom. The van der Waals surface area contributed by atoms with Crippen LogP contribution in [-0.4, -0.2) is 44.6 Å². The lowest BCUT2D eigenvalue weighted by atomic mass is 10.2. The summed E-state index contributed by atoms with van der Waals surface area (Å²) in [7, 11) is -0.529. The van der Waals surface area contributed by atoms with E-state index in [9.17, 15) is 12.8 Å². The molecule has 1 aliphatic rings. The zero-order valence-electron chi connectivity index (χ0n) is 15.0. The van der Waals surface area contributed by atoms with E-state index in [4.69, 9.17) is 4.74 Å². The van der Waals surface area contributed by atoms with E-state index < -0.39 is 15.8 Å². The summed E-state index contributed by atoms with van der Waals surface area (Å²) >= 11 is 0. The summed E-state index contributed by atoms with van der Waals surface area (Å²) in [6, 6.07) is 7.54. The van der Waals surface area contributed by atoms with Gasteiger partial charge >= 0.3 is 0 Å². The minimum absolute atomic E-state index is 0.0164. The number of ether oxygens (including phenoxy) is 1. The summed E-state index contributed by atoms with van der Waals surface area (Å²) in [6.45, 7) is 2.11. The van der Waals surface area contributed by atoms with Crippen LogP contribution in [0.4, 0.5) is 4.39 Å². The maximum atomic E-state index is 13.9. The average molecular weight is 381 g/mol. The molecule has 3 rings (SSSR count). The van der Waals surface area contributed by atoms with E-state index >= 15 is 0 Å². The van der Waals surface area contributed by atoms with Crippen molar-refractivity contribution >= 4 is 10.0 Å². The molecule has 0 aliphatic carbocycles. The summed E-state index contributed by atoms with van der Waals surface area (Å²) in [5.74, 6) is -0.684. The maximum Gasteiger partial charge on any atom is 0.240 e. The number of rotatable bonds is 7. The molecule has 0 saturated carbocycles. The Labute approximate surface area is 153 Å². The smallest absolute Gasteiger partial charge is 0.240 e. The third-order valence-electron chi connectivity index (χ3n) is 4.81. The molecular weight excluding hydrogens is 357 g/mol. The Morgan fingerprint density at radius 2 is 2.00 bits per heavy atom. The fraction of sp³-hybridized carbons (Fsp3) is 0.444. The Morgan fingerprint density at radius 3 is 2.58 bits per heavy atom. The van der Waals surface area contributed by atoms with Crippen molar-refractivity contribution in [3.8, 4) is 5.75 Å². The van der Waals surface area contributed by atoms with Crippen molar-refractivity contribution in [1.29, 1.82) is 0 Å². The van der Waals surface area contributed by atoms with E-state index in [0.717, 1.165) is 37.7 Å². The minimum atomic E-state index is -3.82. The van der Waals surface area contributed by atoms with Gasteiger partial charge in [-0.2, -0.15) is 0 Å². The van der Waals surface area contributed by atoms with Crippen molar-refractivity contribution in [1.82, 2.24) is 14.2 Å². The fourth-order valence-corrected chi connectivity index (χ4v) is 4.43. The second kappa shape index (κ2) is 7.77. The molecule has 26 heavy (non-hydrogen) atoms. The number of aromatic nitrogens is 1. The van der Waals surface area contributed by atoms with Gasteiger partial charge in [0.2, 0.25) is 10.0 Å². The third kappa shape index (κ3) is 3.92. The number of nitrogens with zero attached hydrogens (tertiary/aromatic N) is 2. The number of hydrogen-bond donors (Lipinski definition) is 1. The van der Waals surface area contributed by atoms with Crippen LogP contribution < -0.4 is 9.46 Å². The number of hydrogen-bond acceptors (Lipinski definition) is 4. The van der Waals surface area contributed by atoms with E-state index in [1.807, 2.05) is 29.9 Å². The van der Waals surface area contributed by atoms with Crippen LogP contribution in [0.15, 0.2) is 41.4 Å². The zero-order valence-corrected chi connectivity index (χ0v) is 15.8. The van der Waals surface area contributed by atoms with E-state index in [2.05, 4.69) is 9.62 Å². The normalized spacial score (nSPS) is 16.7. The molecule has 2 heterocycles. The Kier molecular flexibility index (Phi) is 5.64. The first-order valence-electron chi connectivity index (χ1n) is 8.61. The largest absolute Gasteiger partial charge is 0.494 e. The molecule has 2 aromatic rings. The van der Waals surface area contributed by atoms with E-state index in [-0.39, 0.29) is 23.2 Å². The molecule has 0 unspecified atom stereocenters. The Bertz CT molecular complexity index is 860. The average Bonchev–Trinajstić information content (AvgIpc) is 3.28. The SMILES string of the molecule is COc1ccc(S(=O)(=O)NC[C@H](c2cccn2C)N2CCCC2)cc1F. The minimum Gasteiger partial charge on any atom is -0.494 e. The monoisotopic (exact) mass is 381 g/mol. The van der Waals surface area contributed by atoms with Gasteiger partial charge in [-0.15, -0.1) is 0 Å². The maximum absolute atomic E-state index is 13.9. The first-order chi connectivity index (χ1) is 12.4. The third-order valence-corrected chi connectivity index (χ3v) is 6.23. The summed E-state index contributed by atoms with van der Waals surface area (Å²) in [4.78, 5) is 2.18. The highest BCUT2D eigenvalue weighted by Gasteiger charge is 2.27. The molecule has 0 amide bonds. The van der Waals surface area contributed by atoms with Gasteiger partial charge < -0.3 is 9.30 Å². The number of methoxy groups -OCH3 is 1. The van der Waals surface area contributed by atoms with Gasteiger partial charge in [-0.05, 0) is 56.3 Å². The molecule has 6 nitrogen and oxygen atoms in total. The van der Waals surface area contributed by atoms with Crippen LogP contribution in [0.5, 0.6) is 5.75 Å².